The van der Waals surface area contributed by atoms with Crippen LogP contribution in [0.5, 0.6) is 0 Å². The van der Waals surface area contributed by atoms with E-state index in [1.807, 2.05) is 6.20 Å². The van der Waals surface area contributed by atoms with Crippen molar-refractivity contribution in [2.75, 3.05) is 25.0 Å². The van der Waals surface area contributed by atoms with Gasteiger partial charge in [0, 0.05) is 38.9 Å². The van der Waals surface area contributed by atoms with Crippen LogP contribution in [0, 0.1) is 0 Å². The summed E-state index contributed by atoms with van der Waals surface area (Å²) in [5, 5.41) is 6.73. The number of halogens is 1. The van der Waals surface area contributed by atoms with Crippen LogP contribution in [0.2, 0.25) is 0 Å². The van der Waals surface area contributed by atoms with E-state index in [-0.39, 0.29) is 24.0 Å². The van der Waals surface area contributed by atoms with E-state index >= 15 is 0 Å². The van der Waals surface area contributed by atoms with Gasteiger partial charge in [-0.1, -0.05) is 6.92 Å². The lowest BCUT2D eigenvalue weighted by atomic mass is 10.2. The molecule has 2 rings (SSSR count). The van der Waals surface area contributed by atoms with Gasteiger partial charge in [-0.3, -0.25) is 4.99 Å². The van der Waals surface area contributed by atoms with Crippen LogP contribution in [0.15, 0.2) is 23.3 Å². The number of aromatic nitrogens is 1. The first-order chi connectivity index (χ1) is 10.2. The molecule has 0 saturated carbocycles. The zero-order valence-electron chi connectivity index (χ0n) is 13.8. The van der Waals surface area contributed by atoms with Gasteiger partial charge in [0.05, 0.1) is 0 Å². The van der Waals surface area contributed by atoms with E-state index in [2.05, 4.69) is 51.5 Å². The van der Waals surface area contributed by atoms with Crippen molar-refractivity contribution in [3.05, 3.63) is 23.9 Å². The Bertz CT molecular complexity index is 471. The molecule has 2 heterocycles. The maximum absolute atomic E-state index is 4.48. The molecule has 6 heteroatoms. The molecule has 2 N–H and O–H groups in total. The topological polar surface area (TPSA) is 52.6 Å². The van der Waals surface area contributed by atoms with Crippen LogP contribution in [0.3, 0.4) is 0 Å². The minimum atomic E-state index is 0. The maximum atomic E-state index is 4.48. The van der Waals surface area contributed by atoms with E-state index in [1.165, 1.54) is 18.4 Å². The van der Waals surface area contributed by atoms with Crippen molar-refractivity contribution in [3.63, 3.8) is 0 Å². The largest absolute Gasteiger partial charge is 0.357 e. The number of rotatable bonds is 5. The van der Waals surface area contributed by atoms with Gasteiger partial charge in [0.1, 0.15) is 5.82 Å². The van der Waals surface area contributed by atoms with Gasteiger partial charge >= 0.3 is 0 Å². The van der Waals surface area contributed by atoms with Crippen LogP contribution in [-0.4, -0.2) is 37.1 Å². The summed E-state index contributed by atoms with van der Waals surface area (Å²) in [6.07, 6.45) is 5.52. The first-order valence-electron chi connectivity index (χ1n) is 7.90. The summed E-state index contributed by atoms with van der Waals surface area (Å²) < 4.78 is 0. The normalized spacial score (nSPS) is 16.1. The molecule has 1 saturated heterocycles. The number of nitrogens with one attached hydrogen (secondary N) is 2. The van der Waals surface area contributed by atoms with Crippen LogP contribution in [0.4, 0.5) is 5.82 Å². The molecule has 1 aromatic rings. The van der Waals surface area contributed by atoms with Crippen molar-refractivity contribution in [2.24, 2.45) is 4.99 Å². The number of hydrogen-bond donors (Lipinski definition) is 2. The molecule has 1 atom stereocenters. The minimum Gasteiger partial charge on any atom is -0.357 e. The summed E-state index contributed by atoms with van der Waals surface area (Å²) in [5.41, 5.74) is 1.24. The average Bonchev–Trinajstić information content (AvgIpc) is 3.05. The quantitative estimate of drug-likeness (QED) is 0.440. The van der Waals surface area contributed by atoms with E-state index in [1.54, 1.807) is 7.05 Å². The lowest BCUT2D eigenvalue weighted by molar-refractivity contribution is 0.624. The zero-order valence-corrected chi connectivity index (χ0v) is 16.1. The standard InChI is InChI=1S/C16H27N5.HI/c1-4-13(2)20-16(17-3)19-12-14-7-8-18-15(11-14)21-9-5-6-10-21;/h7-8,11,13H,4-6,9-10,12H2,1-3H3,(H2,17,19,20);1H. The van der Waals surface area contributed by atoms with Crippen LogP contribution in [-0.2, 0) is 6.54 Å². The van der Waals surface area contributed by atoms with Gasteiger partial charge in [0.2, 0.25) is 0 Å². The highest BCUT2D eigenvalue weighted by molar-refractivity contribution is 14.0. The van der Waals surface area contributed by atoms with Gasteiger partial charge in [-0.15, -0.1) is 24.0 Å². The van der Waals surface area contributed by atoms with Crippen molar-refractivity contribution in [1.82, 2.24) is 15.6 Å². The predicted molar refractivity (Wildman–Crippen MR) is 104 cm³/mol. The SMILES string of the molecule is CCC(C)NC(=NC)NCc1ccnc(N2CCCC2)c1.I. The first-order valence-corrected chi connectivity index (χ1v) is 7.90. The Labute approximate surface area is 151 Å². The maximum Gasteiger partial charge on any atom is 0.191 e. The number of nitrogens with zero attached hydrogens (tertiary/aromatic N) is 3. The second kappa shape index (κ2) is 9.86. The number of anilines is 1. The fourth-order valence-electron chi connectivity index (χ4n) is 2.41. The van der Waals surface area contributed by atoms with Gasteiger partial charge in [-0.2, -0.15) is 0 Å². The van der Waals surface area contributed by atoms with Crippen LogP contribution >= 0.6 is 24.0 Å². The lowest BCUT2D eigenvalue weighted by Crippen LogP contribution is -2.41. The highest BCUT2D eigenvalue weighted by Crippen LogP contribution is 2.18. The summed E-state index contributed by atoms with van der Waals surface area (Å²) in [4.78, 5) is 11.1. The van der Waals surface area contributed by atoms with Crippen molar-refractivity contribution in [3.8, 4) is 0 Å². The molecule has 0 spiro atoms. The molecule has 22 heavy (non-hydrogen) atoms. The molecule has 0 bridgehead atoms. The molecule has 1 fully saturated rings. The first kappa shape index (κ1) is 19.0. The molecule has 1 aromatic heterocycles. The second-order valence-corrected chi connectivity index (χ2v) is 5.60. The number of aliphatic imine (C=N–C) groups is 1. The summed E-state index contributed by atoms with van der Waals surface area (Å²) in [7, 11) is 1.81. The monoisotopic (exact) mass is 417 g/mol. The van der Waals surface area contributed by atoms with Crippen LogP contribution < -0.4 is 15.5 Å². The minimum absolute atomic E-state index is 0. The fourth-order valence-corrected chi connectivity index (χ4v) is 2.41. The Hall–Kier alpha value is -1.05. The Kier molecular flexibility index (Phi) is 8.52. The van der Waals surface area contributed by atoms with E-state index < -0.39 is 0 Å². The zero-order chi connectivity index (χ0) is 15.1. The fraction of sp³-hybridized carbons (Fsp3) is 0.625. The molecule has 5 nitrogen and oxygen atoms in total. The molecule has 0 radical (unpaired) electrons. The molecular weight excluding hydrogens is 389 g/mol. The van der Waals surface area contributed by atoms with E-state index in [9.17, 15) is 0 Å². The predicted octanol–water partition coefficient (Wildman–Crippen LogP) is 2.76. The lowest BCUT2D eigenvalue weighted by Gasteiger charge is -2.18. The number of hydrogen-bond acceptors (Lipinski definition) is 3. The van der Waals surface area contributed by atoms with Crippen molar-refractivity contribution in [2.45, 2.75) is 45.7 Å². The molecule has 124 valence electrons. The molecule has 0 aliphatic carbocycles. The number of pyridine rings is 1. The van der Waals surface area contributed by atoms with Gasteiger partial charge in [-0.05, 0) is 43.9 Å². The average molecular weight is 417 g/mol. The molecule has 1 unspecified atom stereocenters. The Morgan fingerprint density at radius 1 is 1.41 bits per heavy atom. The van der Waals surface area contributed by atoms with Gasteiger partial charge in [-0.25, -0.2) is 4.98 Å². The summed E-state index contributed by atoms with van der Waals surface area (Å²) in [5.74, 6) is 1.94. The van der Waals surface area contributed by atoms with Crippen LogP contribution in [0.1, 0.15) is 38.7 Å². The van der Waals surface area contributed by atoms with Crippen molar-refractivity contribution >= 4 is 35.8 Å². The van der Waals surface area contributed by atoms with Gasteiger partial charge in [0.15, 0.2) is 5.96 Å². The van der Waals surface area contributed by atoms with E-state index in [4.69, 9.17) is 0 Å². The summed E-state index contributed by atoms with van der Waals surface area (Å²) >= 11 is 0. The van der Waals surface area contributed by atoms with Gasteiger partial charge in [0.25, 0.3) is 0 Å². The van der Waals surface area contributed by atoms with Crippen molar-refractivity contribution < 1.29 is 0 Å². The summed E-state index contributed by atoms with van der Waals surface area (Å²) in [6, 6.07) is 4.66. The van der Waals surface area contributed by atoms with E-state index in [0.29, 0.717) is 6.04 Å². The molecule has 1 aliphatic heterocycles. The molecular formula is C16H28IN5. The highest BCUT2D eigenvalue weighted by Gasteiger charge is 2.13. The van der Waals surface area contributed by atoms with E-state index in [0.717, 1.165) is 37.8 Å². The highest BCUT2D eigenvalue weighted by atomic mass is 127. The smallest absolute Gasteiger partial charge is 0.191 e. The molecule has 0 aromatic carbocycles. The Morgan fingerprint density at radius 2 is 2.14 bits per heavy atom. The van der Waals surface area contributed by atoms with Crippen LogP contribution in [0.25, 0.3) is 0 Å². The second-order valence-electron chi connectivity index (χ2n) is 5.60. The third-order valence-corrected chi connectivity index (χ3v) is 3.92. The Balaban J connectivity index is 0.00000242. The van der Waals surface area contributed by atoms with Gasteiger partial charge < -0.3 is 15.5 Å². The third kappa shape index (κ3) is 5.62. The third-order valence-electron chi connectivity index (χ3n) is 3.92. The Morgan fingerprint density at radius 3 is 2.77 bits per heavy atom. The molecule has 1 aliphatic rings. The van der Waals surface area contributed by atoms with Crippen molar-refractivity contribution in [1.29, 1.82) is 0 Å². The number of guanidine groups is 1. The summed E-state index contributed by atoms with van der Waals surface area (Å²) in [6.45, 7) is 7.34. The molecule has 0 amide bonds.